The highest BCUT2D eigenvalue weighted by atomic mass is 16.5. The first-order valence-electron chi connectivity index (χ1n) is 10.2. The maximum atomic E-state index is 11.0. The summed E-state index contributed by atoms with van der Waals surface area (Å²) in [5.74, 6) is 7.85. The fraction of sp³-hybridized carbons (Fsp3) is 0.440. The summed E-state index contributed by atoms with van der Waals surface area (Å²) >= 11 is 0. The first-order chi connectivity index (χ1) is 14.0. The predicted molar refractivity (Wildman–Crippen MR) is 117 cm³/mol. The second-order valence-electron chi connectivity index (χ2n) is 7.78. The van der Waals surface area contributed by atoms with Crippen LogP contribution in [0, 0.1) is 11.8 Å². The second-order valence-corrected chi connectivity index (χ2v) is 7.78. The Morgan fingerprint density at radius 1 is 1.00 bits per heavy atom. The van der Waals surface area contributed by atoms with E-state index in [1.807, 2.05) is 18.2 Å². The molecule has 1 aliphatic rings. The Balaban J connectivity index is 1.58. The number of nitrogens with zero attached hydrogens (tertiary/aromatic N) is 1. The average molecular weight is 394 g/mol. The van der Waals surface area contributed by atoms with Gasteiger partial charge in [-0.2, -0.15) is 0 Å². The number of methoxy groups -OCH3 is 2. The highest BCUT2D eigenvalue weighted by molar-refractivity contribution is 5.48. The number of rotatable bonds is 6. The lowest BCUT2D eigenvalue weighted by atomic mass is 9.94. The van der Waals surface area contributed by atoms with Gasteiger partial charge in [0.1, 0.15) is 5.60 Å². The zero-order chi connectivity index (χ0) is 20.7. The van der Waals surface area contributed by atoms with E-state index in [1.54, 1.807) is 14.2 Å². The van der Waals surface area contributed by atoms with Crippen LogP contribution in [0.1, 0.15) is 29.5 Å². The van der Waals surface area contributed by atoms with E-state index in [4.69, 9.17) is 9.47 Å². The molecule has 0 atom stereocenters. The van der Waals surface area contributed by atoms with Gasteiger partial charge < -0.3 is 14.6 Å². The maximum Gasteiger partial charge on any atom is 0.161 e. The molecule has 0 bridgehead atoms. The van der Waals surface area contributed by atoms with Gasteiger partial charge in [0.25, 0.3) is 0 Å². The van der Waals surface area contributed by atoms with Gasteiger partial charge in [0.15, 0.2) is 11.5 Å². The number of benzene rings is 2. The Labute approximate surface area is 174 Å². The molecular formula is C25H31NO3. The summed E-state index contributed by atoms with van der Waals surface area (Å²) in [7, 11) is 5.37. The zero-order valence-electron chi connectivity index (χ0n) is 17.7. The minimum atomic E-state index is -0.945. The van der Waals surface area contributed by atoms with Crippen LogP contribution in [-0.2, 0) is 19.3 Å². The van der Waals surface area contributed by atoms with Crippen LogP contribution in [0.5, 0.6) is 11.5 Å². The predicted octanol–water partition coefficient (Wildman–Crippen LogP) is 3.49. The summed E-state index contributed by atoms with van der Waals surface area (Å²) in [5, 5.41) is 11.0. The molecule has 0 spiro atoms. The molecule has 4 heteroatoms. The van der Waals surface area contributed by atoms with Crippen molar-refractivity contribution in [2.24, 2.45) is 0 Å². The molecule has 0 saturated heterocycles. The summed E-state index contributed by atoms with van der Waals surface area (Å²) in [6.07, 6.45) is 3.84. The summed E-state index contributed by atoms with van der Waals surface area (Å²) in [6, 6.07) is 14.5. The molecule has 0 unspecified atom stereocenters. The third-order valence-corrected chi connectivity index (χ3v) is 5.62. The van der Waals surface area contributed by atoms with Crippen molar-refractivity contribution < 1.29 is 14.6 Å². The van der Waals surface area contributed by atoms with Gasteiger partial charge in [0, 0.05) is 6.54 Å². The molecule has 0 saturated carbocycles. The third-order valence-electron chi connectivity index (χ3n) is 5.62. The molecule has 0 radical (unpaired) electrons. The number of ether oxygens (including phenoxy) is 2. The number of likely N-dealkylation sites (N-methyl/N-ethyl adjacent to an activating group) is 1. The second kappa shape index (κ2) is 9.82. The zero-order valence-corrected chi connectivity index (χ0v) is 17.7. The van der Waals surface area contributed by atoms with Crippen molar-refractivity contribution in [2.75, 3.05) is 34.4 Å². The van der Waals surface area contributed by atoms with Gasteiger partial charge in [-0.15, -0.1) is 0 Å². The van der Waals surface area contributed by atoms with E-state index in [0.717, 1.165) is 37.3 Å². The summed E-state index contributed by atoms with van der Waals surface area (Å²) in [4.78, 5) is 2.20. The first-order valence-corrected chi connectivity index (χ1v) is 10.2. The lowest BCUT2D eigenvalue weighted by Gasteiger charge is -2.20. The summed E-state index contributed by atoms with van der Waals surface area (Å²) in [5.41, 5.74) is 2.80. The SMILES string of the molecule is COc1cc2c(cc1OC)CCC(O)(C#CCN(C)CCc1ccccc1)CC2. The van der Waals surface area contributed by atoms with Crippen LogP contribution in [0.3, 0.4) is 0 Å². The van der Waals surface area contributed by atoms with E-state index in [1.165, 1.54) is 16.7 Å². The van der Waals surface area contributed by atoms with Crippen LogP contribution in [0.2, 0.25) is 0 Å². The van der Waals surface area contributed by atoms with E-state index < -0.39 is 5.60 Å². The van der Waals surface area contributed by atoms with Crippen LogP contribution >= 0.6 is 0 Å². The van der Waals surface area contributed by atoms with Crippen molar-refractivity contribution in [3.05, 3.63) is 59.2 Å². The molecule has 3 rings (SSSR count). The normalized spacial score (nSPS) is 15.1. The minimum absolute atomic E-state index is 0.635. The lowest BCUT2D eigenvalue weighted by Crippen LogP contribution is -2.28. The molecule has 1 N–H and O–H groups in total. The quantitative estimate of drug-likeness (QED) is 0.603. The molecule has 154 valence electrons. The van der Waals surface area contributed by atoms with Crippen molar-refractivity contribution in [3.63, 3.8) is 0 Å². The highest BCUT2D eigenvalue weighted by Crippen LogP contribution is 2.35. The van der Waals surface area contributed by atoms with E-state index in [9.17, 15) is 5.11 Å². The molecule has 0 aromatic heterocycles. The number of fused-ring (bicyclic) bond motifs is 1. The van der Waals surface area contributed by atoms with Gasteiger partial charge in [-0.25, -0.2) is 0 Å². The number of aryl methyl sites for hydroxylation is 2. The fourth-order valence-corrected chi connectivity index (χ4v) is 3.74. The van der Waals surface area contributed by atoms with Crippen molar-refractivity contribution >= 4 is 0 Å². The maximum absolute atomic E-state index is 11.0. The molecule has 4 nitrogen and oxygen atoms in total. The monoisotopic (exact) mass is 393 g/mol. The molecular weight excluding hydrogens is 362 g/mol. The van der Waals surface area contributed by atoms with Gasteiger partial charge in [-0.05, 0) is 68.0 Å². The Morgan fingerprint density at radius 3 is 2.14 bits per heavy atom. The molecule has 0 aliphatic heterocycles. The number of hydrogen-bond donors (Lipinski definition) is 1. The third kappa shape index (κ3) is 5.76. The average Bonchev–Trinajstić information content (AvgIpc) is 2.91. The summed E-state index contributed by atoms with van der Waals surface area (Å²) in [6.45, 7) is 1.60. The van der Waals surface area contributed by atoms with Crippen molar-refractivity contribution in [1.29, 1.82) is 0 Å². The fourth-order valence-electron chi connectivity index (χ4n) is 3.74. The van der Waals surface area contributed by atoms with Gasteiger partial charge >= 0.3 is 0 Å². The molecule has 1 aliphatic carbocycles. The van der Waals surface area contributed by atoms with Crippen LogP contribution in [0.4, 0.5) is 0 Å². The Hall–Kier alpha value is -2.48. The van der Waals surface area contributed by atoms with Crippen LogP contribution < -0.4 is 9.47 Å². The van der Waals surface area contributed by atoms with Crippen LogP contribution in [0.15, 0.2) is 42.5 Å². The number of aliphatic hydroxyl groups is 1. The minimum Gasteiger partial charge on any atom is -0.493 e. The topological polar surface area (TPSA) is 41.9 Å². The van der Waals surface area contributed by atoms with Crippen molar-refractivity contribution in [1.82, 2.24) is 4.90 Å². The first kappa shape index (κ1) is 21.2. The molecule has 0 fully saturated rings. The Bertz CT molecular complexity index is 832. The van der Waals surface area contributed by atoms with Gasteiger partial charge in [-0.3, -0.25) is 4.90 Å². The van der Waals surface area contributed by atoms with E-state index in [2.05, 4.69) is 48.1 Å². The van der Waals surface area contributed by atoms with Gasteiger partial charge in [0.05, 0.1) is 20.8 Å². The smallest absolute Gasteiger partial charge is 0.161 e. The van der Waals surface area contributed by atoms with E-state index >= 15 is 0 Å². The van der Waals surface area contributed by atoms with Gasteiger partial charge in [0.2, 0.25) is 0 Å². The highest BCUT2D eigenvalue weighted by Gasteiger charge is 2.28. The van der Waals surface area contributed by atoms with E-state index in [0.29, 0.717) is 19.4 Å². The lowest BCUT2D eigenvalue weighted by molar-refractivity contribution is 0.0856. The van der Waals surface area contributed by atoms with Gasteiger partial charge in [-0.1, -0.05) is 42.2 Å². The largest absolute Gasteiger partial charge is 0.493 e. The summed E-state index contributed by atoms with van der Waals surface area (Å²) < 4.78 is 10.8. The van der Waals surface area contributed by atoms with E-state index in [-0.39, 0.29) is 0 Å². The Kier molecular flexibility index (Phi) is 7.19. The van der Waals surface area contributed by atoms with Crippen LogP contribution in [-0.4, -0.2) is 50.0 Å². The van der Waals surface area contributed by atoms with Crippen molar-refractivity contribution in [3.8, 4) is 23.3 Å². The van der Waals surface area contributed by atoms with Crippen molar-refractivity contribution in [2.45, 2.75) is 37.7 Å². The molecule has 0 heterocycles. The number of hydrogen-bond acceptors (Lipinski definition) is 4. The molecule has 2 aromatic carbocycles. The molecule has 2 aromatic rings. The van der Waals surface area contributed by atoms with Crippen LogP contribution in [0.25, 0.3) is 0 Å². The molecule has 0 amide bonds. The standard InChI is InChI=1S/C25H31NO3/c1-26(17-12-20-8-5-4-6-9-20)16-7-13-25(27)14-10-21-18-23(28-2)24(29-3)19-22(21)11-15-25/h4-6,8-9,18-19,27H,10-12,14-17H2,1-3H3. The Morgan fingerprint density at radius 2 is 1.59 bits per heavy atom. The molecule has 29 heavy (non-hydrogen) atoms.